The molecular formula is C23H28N2O2. The van der Waals surface area contributed by atoms with Gasteiger partial charge in [-0.3, -0.25) is 9.69 Å². The number of morpholine rings is 1. The van der Waals surface area contributed by atoms with E-state index in [-0.39, 0.29) is 5.43 Å². The second kappa shape index (κ2) is 8.68. The Morgan fingerprint density at radius 1 is 0.741 bits per heavy atom. The Morgan fingerprint density at radius 2 is 1.30 bits per heavy atom. The second-order valence-electron chi connectivity index (χ2n) is 7.38. The van der Waals surface area contributed by atoms with Crippen LogP contribution in [-0.2, 0) is 11.3 Å². The van der Waals surface area contributed by atoms with Crippen LogP contribution < -0.4 is 5.43 Å². The van der Waals surface area contributed by atoms with Gasteiger partial charge in [0, 0.05) is 30.4 Å². The fraction of sp³-hybridized carbons (Fsp3) is 0.435. The van der Waals surface area contributed by atoms with Crippen LogP contribution in [0.2, 0.25) is 0 Å². The number of para-hydroxylation sites is 2. The number of benzene rings is 2. The Kier molecular flexibility index (Phi) is 5.85. The van der Waals surface area contributed by atoms with Crippen molar-refractivity contribution in [3.8, 4) is 0 Å². The second-order valence-corrected chi connectivity index (χ2v) is 7.38. The molecule has 0 spiro atoms. The summed E-state index contributed by atoms with van der Waals surface area (Å²) in [5, 5.41) is 1.65. The van der Waals surface area contributed by atoms with Crippen LogP contribution >= 0.6 is 0 Å². The number of aryl methyl sites for hydroxylation is 1. The highest BCUT2D eigenvalue weighted by molar-refractivity contribution is 5.93. The Morgan fingerprint density at radius 3 is 1.93 bits per heavy atom. The van der Waals surface area contributed by atoms with E-state index < -0.39 is 0 Å². The van der Waals surface area contributed by atoms with Crippen LogP contribution in [0.25, 0.3) is 21.8 Å². The Hall–Kier alpha value is -2.17. The number of aromatic nitrogens is 1. The zero-order chi connectivity index (χ0) is 18.5. The van der Waals surface area contributed by atoms with E-state index >= 15 is 0 Å². The predicted molar refractivity (Wildman–Crippen MR) is 111 cm³/mol. The van der Waals surface area contributed by atoms with Gasteiger partial charge in [0.25, 0.3) is 0 Å². The normalized spacial score (nSPS) is 15.6. The van der Waals surface area contributed by atoms with E-state index in [2.05, 4.69) is 21.6 Å². The minimum atomic E-state index is 0.142. The van der Waals surface area contributed by atoms with E-state index in [1.54, 1.807) is 0 Å². The molecule has 1 aliphatic rings. The van der Waals surface area contributed by atoms with Crippen molar-refractivity contribution in [2.45, 2.75) is 32.2 Å². The smallest absolute Gasteiger partial charge is 0.197 e. The Balaban J connectivity index is 1.42. The first-order valence-corrected chi connectivity index (χ1v) is 10.1. The molecule has 0 N–H and O–H groups in total. The van der Waals surface area contributed by atoms with E-state index in [1.165, 1.54) is 25.8 Å². The van der Waals surface area contributed by atoms with Crippen molar-refractivity contribution >= 4 is 21.8 Å². The number of ether oxygens (including phenoxy) is 1. The van der Waals surface area contributed by atoms with E-state index in [0.717, 1.165) is 61.1 Å². The maximum absolute atomic E-state index is 12.8. The van der Waals surface area contributed by atoms with Crippen molar-refractivity contribution in [1.29, 1.82) is 0 Å². The summed E-state index contributed by atoms with van der Waals surface area (Å²) in [5.74, 6) is 0. The minimum absolute atomic E-state index is 0.142. The SMILES string of the molecule is O=c1c2ccccc2n(CCCCCCN2CCOCC2)c2ccccc12. The van der Waals surface area contributed by atoms with Gasteiger partial charge >= 0.3 is 0 Å². The topological polar surface area (TPSA) is 34.5 Å². The summed E-state index contributed by atoms with van der Waals surface area (Å²) in [6, 6.07) is 16.0. The highest BCUT2D eigenvalue weighted by Gasteiger charge is 2.11. The van der Waals surface area contributed by atoms with Gasteiger partial charge in [0.1, 0.15) is 0 Å². The first kappa shape index (κ1) is 18.2. The summed E-state index contributed by atoms with van der Waals surface area (Å²) in [6.45, 7) is 6.07. The van der Waals surface area contributed by atoms with Crippen molar-refractivity contribution < 1.29 is 4.74 Å². The summed E-state index contributed by atoms with van der Waals surface area (Å²) >= 11 is 0. The van der Waals surface area contributed by atoms with Gasteiger partial charge in [-0.1, -0.05) is 37.1 Å². The standard InChI is InChI=1S/C23H28N2O2/c26-23-19-9-3-5-11-21(19)25(22-12-6-4-10-20(22)23)14-8-2-1-7-13-24-15-17-27-18-16-24/h3-6,9-12H,1-2,7-8,13-18H2. The van der Waals surface area contributed by atoms with Gasteiger partial charge in [0.2, 0.25) is 0 Å². The Bertz CT molecular complexity index is 897. The van der Waals surface area contributed by atoms with Crippen LogP contribution in [0, 0.1) is 0 Å². The zero-order valence-electron chi connectivity index (χ0n) is 15.9. The molecule has 1 saturated heterocycles. The Labute approximate surface area is 160 Å². The minimum Gasteiger partial charge on any atom is -0.379 e. The lowest BCUT2D eigenvalue weighted by molar-refractivity contribution is 0.0371. The molecule has 4 rings (SSSR count). The van der Waals surface area contributed by atoms with Crippen LogP contribution in [0.5, 0.6) is 0 Å². The summed E-state index contributed by atoms with van der Waals surface area (Å²) in [4.78, 5) is 15.3. The third-order valence-corrected chi connectivity index (χ3v) is 5.59. The molecule has 0 bridgehead atoms. The van der Waals surface area contributed by atoms with E-state index in [1.807, 2.05) is 36.4 Å². The van der Waals surface area contributed by atoms with Crippen molar-refractivity contribution in [3.05, 3.63) is 58.8 Å². The lowest BCUT2D eigenvalue weighted by Gasteiger charge is -2.26. The molecule has 142 valence electrons. The van der Waals surface area contributed by atoms with Gasteiger partial charge in [0.15, 0.2) is 5.43 Å². The molecule has 0 atom stereocenters. The molecule has 27 heavy (non-hydrogen) atoms. The molecule has 0 amide bonds. The molecule has 1 aliphatic heterocycles. The predicted octanol–water partition coefficient (Wildman–Crippen LogP) is 4.05. The lowest BCUT2D eigenvalue weighted by Crippen LogP contribution is -2.36. The summed E-state index contributed by atoms with van der Waals surface area (Å²) in [5.41, 5.74) is 2.24. The molecular weight excluding hydrogens is 336 g/mol. The molecule has 3 aromatic rings. The van der Waals surface area contributed by atoms with Crippen molar-refractivity contribution in [1.82, 2.24) is 9.47 Å². The average Bonchev–Trinajstić information content (AvgIpc) is 2.73. The number of hydrogen-bond donors (Lipinski definition) is 0. The molecule has 0 saturated carbocycles. The van der Waals surface area contributed by atoms with Crippen LogP contribution in [0.1, 0.15) is 25.7 Å². The summed E-state index contributed by atoms with van der Waals surface area (Å²) in [6.07, 6.45) is 4.87. The first-order chi connectivity index (χ1) is 13.3. The van der Waals surface area contributed by atoms with Crippen LogP contribution in [-0.4, -0.2) is 42.3 Å². The summed E-state index contributed by atoms with van der Waals surface area (Å²) < 4.78 is 7.73. The van der Waals surface area contributed by atoms with Gasteiger partial charge in [-0.25, -0.2) is 0 Å². The molecule has 4 heteroatoms. The first-order valence-electron chi connectivity index (χ1n) is 10.1. The third kappa shape index (κ3) is 4.07. The van der Waals surface area contributed by atoms with Crippen molar-refractivity contribution in [2.75, 3.05) is 32.8 Å². The molecule has 2 aromatic carbocycles. The largest absolute Gasteiger partial charge is 0.379 e. The number of fused-ring (bicyclic) bond motifs is 2. The molecule has 1 fully saturated rings. The van der Waals surface area contributed by atoms with Gasteiger partial charge < -0.3 is 9.30 Å². The molecule has 0 radical (unpaired) electrons. The van der Waals surface area contributed by atoms with Crippen LogP contribution in [0.15, 0.2) is 53.3 Å². The lowest BCUT2D eigenvalue weighted by atomic mass is 10.1. The molecule has 4 nitrogen and oxygen atoms in total. The van der Waals surface area contributed by atoms with Crippen LogP contribution in [0.3, 0.4) is 0 Å². The van der Waals surface area contributed by atoms with Crippen molar-refractivity contribution in [3.63, 3.8) is 0 Å². The average molecular weight is 364 g/mol. The fourth-order valence-corrected chi connectivity index (χ4v) is 4.10. The molecule has 1 aromatic heterocycles. The molecule has 0 aliphatic carbocycles. The number of rotatable bonds is 7. The monoisotopic (exact) mass is 364 g/mol. The molecule has 0 unspecified atom stereocenters. The highest BCUT2D eigenvalue weighted by atomic mass is 16.5. The fourth-order valence-electron chi connectivity index (χ4n) is 4.10. The van der Waals surface area contributed by atoms with E-state index in [9.17, 15) is 4.79 Å². The van der Waals surface area contributed by atoms with E-state index in [4.69, 9.17) is 4.74 Å². The summed E-state index contributed by atoms with van der Waals surface area (Å²) in [7, 11) is 0. The van der Waals surface area contributed by atoms with Gasteiger partial charge in [-0.05, 0) is 43.7 Å². The third-order valence-electron chi connectivity index (χ3n) is 5.59. The van der Waals surface area contributed by atoms with Crippen LogP contribution in [0.4, 0.5) is 0 Å². The highest BCUT2D eigenvalue weighted by Crippen LogP contribution is 2.20. The number of pyridine rings is 1. The van der Waals surface area contributed by atoms with Crippen molar-refractivity contribution in [2.24, 2.45) is 0 Å². The quantitative estimate of drug-likeness (QED) is 0.469. The molecule has 2 heterocycles. The van der Waals surface area contributed by atoms with Gasteiger partial charge in [0.05, 0.1) is 24.2 Å². The number of nitrogens with zero attached hydrogens (tertiary/aromatic N) is 2. The zero-order valence-corrected chi connectivity index (χ0v) is 15.9. The maximum Gasteiger partial charge on any atom is 0.197 e. The van der Waals surface area contributed by atoms with Gasteiger partial charge in [-0.15, -0.1) is 0 Å². The number of hydrogen-bond acceptors (Lipinski definition) is 3. The number of unbranched alkanes of at least 4 members (excludes halogenated alkanes) is 3. The maximum atomic E-state index is 12.8. The van der Waals surface area contributed by atoms with E-state index in [0.29, 0.717) is 0 Å². The van der Waals surface area contributed by atoms with Gasteiger partial charge in [-0.2, -0.15) is 0 Å².